The number of hydrogen-bond acceptors (Lipinski definition) is 4. The van der Waals surface area contributed by atoms with E-state index in [9.17, 15) is 9.90 Å². The van der Waals surface area contributed by atoms with Gasteiger partial charge in [-0.05, 0) is 26.2 Å². The average Bonchev–Trinajstić information content (AvgIpc) is 2.29. The van der Waals surface area contributed by atoms with Gasteiger partial charge in [0.05, 0.1) is 12.7 Å². The standard InChI is InChI=1S/C12H23NO3/c1-3-4-9-16-12(15)10(2)13-7-5-11(14)6-8-13/h10-11,14H,3-9H2,1-2H3. The summed E-state index contributed by atoms with van der Waals surface area (Å²) in [6, 6.07) is -0.177. The van der Waals surface area contributed by atoms with Crippen molar-refractivity contribution in [2.24, 2.45) is 0 Å². The van der Waals surface area contributed by atoms with Crippen LogP contribution in [0.4, 0.5) is 0 Å². The molecule has 1 rings (SSSR count). The number of unbranched alkanes of at least 4 members (excludes halogenated alkanes) is 1. The van der Waals surface area contributed by atoms with Crippen molar-refractivity contribution < 1.29 is 14.6 Å². The van der Waals surface area contributed by atoms with Crippen LogP contribution in [0.5, 0.6) is 0 Å². The average molecular weight is 229 g/mol. The molecule has 0 aromatic carbocycles. The molecule has 1 heterocycles. The fourth-order valence-electron chi connectivity index (χ4n) is 1.86. The highest BCUT2D eigenvalue weighted by Gasteiger charge is 2.26. The number of piperidine rings is 1. The van der Waals surface area contributed by atoms with Crippen LogP contribution in [-0.2, 0) is 9.53 Å². The predicted molar refractivity (Wildman–Crippen MR) is 62.1 cm³/mol. The van der Waals surface area contributed by atoms with Crippen molar-refractivity contribution in [1.82, 2.24) is 4.90 Å². The molecule has 0 radical (unpaired) electrons. The molecule has 0 spiro atoms. The number of carbonyl (C=O) groups excluding carboxylic acids is 1. The van der Waals surface area contributed by atoms with Crippen molar-refractivity contribution in [3.05, 3.63) is 0 Å². The van der Waals surface area contributed by atoms with E-state index in [1.54, 1.807) is 0 Å². The first-order valence-electron chi connectivity index (χ1n) is 6.24. The van der Waals surface area contributed by atoms with Gasteiger partial charge in [0.2, 0.25) is 0 Å². The number of likely N-dealkylation sites (tertiary alicyclic amines) is 1. The first-order valence-corrected chi connectivity index (χ1v) is 6.24. The van der Waals surface area contributed by atoms with E-state index in [1.165, 1.54) is 0 Å². The van der Waals surface area contributed by atoms with E-state index < -0.39 is 0 Å². The zero-order valence-corrected chi connectivity index (χ0v) is 10.3. The molecule has 0 saturated carbocycles. The van der Waals surface area contributed by atoms with Crippen molar-refractivity contribution in [3.8, 4) is 0 Å². The number of rotatable bonds is 5. The molecule has 1 N–H and O–H groups in total. The molecule has 4 nitrogen and oxygen atoms in total. The first kappa shape index (κ1) is 13.5. The van der Waals surface area contributed by atoms with Crippen LogP contribution in [0.1, 0.15) is 39.5 Å². The number of aliphatic hydroxyl groups excluding tert-OH is 1. The summed E-state index contributed by atoms with van der Waals surface area (Å²) in [7, 11) is 0. The third kappa shape index (κ3) is 4.10. The SMILES string of the molecule is CCCCOC(=O)C(C)N1CCC(O)CC1. The number of ether oxygens (including phenoxy) is 1. The molecule has 94 valence electrons. The molecule has 1 fully saturated rings. The highest BCUT2D eigenvalue weighted by Crippen LogP contribution is 2.13. The molecule has 1 unspecified atom stereocenters. The van der Waals surface area contributed by atoms with Gasteiger partial charge in [-0.2, -0.15) is 0 Å². The van der Waals surface area contributed by atoms with Crippen LogP contribution < -0.4 is 0 Å². The lowest BCUT2D eigenvalue weighted by Crippen LogP contribution is -2.45. The van der Waals surface area contributed by atoms with Crippen LogP contribution in [0.15, 0.2) is 0 Å². The van der Waals surface area contributed by atoms with E-state index in [0.29, 0.717) is 6.61 Å². The van der Waals surface area contributed by atoms with Gasteiger partial charge >= 0.3 is 5.97 Å². The summed E-state index contributed by atoms with van der Waals surface area (Å²) in [5, 5.41) is 9.38. The summed E-state index contributed by atoms with van der Waals surface area (Å²) in [6.45, 7) is 6.04. The maximum atomic E-state index is 11.7. The molecule has 0 aromatic rings. The summed E-state index contributed by atoms with van der Waals surface area (Å²) in [6.07, 6.45) is 3.29. The maximum Gasteiger partial charge on any atom is 0.323 e. The van der Waals surface area contributed by atoms with Crippen LogP contribution >= 0.6 is 0 Å². The Balaban J connectivity index is 2.27. The van der Waals surface area contributed by atoms with Gasteiger partial charge in [0.25, 0.3) is 0 Å². The molecule has 1 aliphatic rings. The summed E-state index contributed by atoms with van der Waals surface area (Å²) >= 11 is 0. The van der Waals surface area contributed by atoms with Crippen molar-refractivity contribution in [2.45, 2.75) is 51.7 Å². The normalized spacial score (nSPS) is 20.7. The fraction of sp³-hybridized carbons (Fsp3) is 0.917. The van der Waals surface area contributed by atoms with Crippen molar-refractivity contribution >= 4 is 5.97 Å². The molecule has 0 bridgehead atoms. The molecule has 1 aliphatic heterocycles. The number of aliphatic hydroxyl groups is 1. The first-order chi connectivity index (χ1) is 7.65. The number of nitrogens with zero attached hydrogens (tertiary/aromatic N) is 1. The summed E-state index contributed by atoms with van der Waals surface area (Å²) < 4.78 is 5.18. The van der Waals surface area contributed by atoms with Gasteiger partial charge in [-0.1, -0.05) is 13.3 Å². The Morgan fingerprint density at radius 2 is 2.12 bits per heavy atom. The quantitative estimate of drug-likeness (QED) is 0.568. The van der Waals surface area contributed by atoms with Gasteiger partial charge < -0.3 is 9.84 Å². The Labute approximate surface area is 97.6 Å². The molecular weight excluding hydrogens is 206 g/mol. The lowest BCUT2D eigenvalue weighted by Gasteiger charge is -2.32. The fourth-order valence-corrected chi connectivity index (χ4v) is 1.86. The van der Waals surface area contributed by atoms with Crippen molar-refractivity contribution in [1.29, 1.82) is 0 Å². The Morgan fingerprint density at radius 1 is 1.50 bits per heavy atom. The van der Waals surface area contributed by atoms with E-state index >= 15 is 0 Å². The second kappa shape index (κ2) is 6.86. The molecule has 16 heavy (non-hydrogen) atoms. The third-order valence-corrected chi connectivity index (χ3v) is 3.13. The lowest BCUT2D eigenvalue weighted by atomic mass is 10.1. The van der Waals surface area contributed by atoms with E-state index in [4.69, 9.17) is 4.74 Å². The smallest absolute Gasteiger partial charge is 0.323 e. The molecule has 1 atom stereocenters. The maximum absolute atomic E-state index is 11.7. The highest BCUT2D eigenvalue weighted by atomic mass is 16.5. The lowest BCUT2D eigenvalue weighted by molar-refractivity contribution is -0.150. The summed E-state index contributed by atoms with van der Waals surface area (Å²) in [4.78, 5) is 13.8. The van der Waals surface area contributed by atoms with E-state index in [-0.39, 0.29) is 18.1 Å². The van der Waals surface area contributed by atoms with E-state index in [0.717, 1.165) is 38.8 Å². The minimum absolute atomic E-state index is 0.134. The minimum atomic E-state index is -0.195. The Hall–Kier alpha value is -0.610. The molecule has 4 heteroatoms. The van der Waals surface area contributed by atoms with Gasteiger partial charge in [0, 0.05) is 13.1 Å². The van der Waals surface area contributed by atoms with Gasteiger partial charge in [-0.15, -0.1) is 0 Å². The Kier molecular flexibility index (Phi) is 5.77. The van der Waals surface area contributed by atoms with E-state index in [2.05, 4.69) is 11.8 Å². The predicted octanol–water partition coefficient (Wildman–Crippen LogP) is 1.17. The zero-order chi connectivity index (χ0) is 12.0. The van der Waals surface area contributed by atoms with Crippen LogP contribution in [0.2, 0.25) is 0 Å². The van der Waals surface area contributed by atoms with Gasteiger partial charge in [0.15, 0.2) is 0 Å². The Morgan fingerprint density at radius 3 is 2.69 bits per heavy atom. The second-order valence-electron chi connectivity index (χ2n) is 4.46. The summed E-state index contributed by atoms with van der Waals surface area (Å²) in [5.41, 5.74) is 0. The molecular formula is C12H23NO3. The number of carbonyl (C=O) groups is 1. The van der Waals surface area contributed by atoms with Crippen LogP contribution in [0.3, 0.4) is 0 Å². The summed E-state index contributed by atoms with van der Waals surface area (Å²) in [5.74, 6) is -0.134. The van der Waals surface area contributed by atoms with Crippen LogP contribution in [0.25, 0.3) is 0 Å². The molecule has 0 aromatic heterocycles. The Bertz CT molecular complexity index is 212. The van der Waals surface area contributed by atoms with Crippen LogP contribution in [0, 0.1) is 0 Å². The highest BCUT2D eigenvalue weighted by molar-refractivity contribution is 5.75. The number of esters is 1. The topological polar surface area (TPSA) is 49.8 Å². The minimum Gasteiger partial charge on any atom is -0.465 e. The monoisotopic (exact) mass is 229 g/mol. The van der Waals surface area contributed by atoms with Crippen molar-refractivity contribution in [2.75, 3.05) is 19.7 Å². The van der Waals surface area contributed by atoms with E-state index in [1.807, 2.05) is 6.92 Å². The molecule has 1 saturated heterocycles. The molecule has 0 amide bonds. The molecule has 0 aliphatic carbocycles. The zero-order valence-electron chi connectivity index (χ0n) is 10.3. The van der Waals surface area contributed by atoms with Crippen molar-refractivity contribution in [3.63, 3.8) is 0 Å². The number of hydrogen-bond donors (Lipinski definition) is 1. The third-order valence-electron chi connectivity index (χ3n) is 3.13. The second-order valence-corrected chi connectivity index (χ2v) is 4.46. The van der Waals surface area contributed by atoms with Gasteiger partial charge in [-0.25, -0.2) is 0 Å². The largest absolute Gasteiger partial charge is 0.465 e. The van der Waals surface area contributed by atoms with Gasteiger partial charge in [-0.3, -0.25) is 9.69 Å². The van der Waals surface area contributed by atoms with Crippen LogP contribution in [-0.4, -0.2) is 47.8 Å². The van der Waals surface area contributed by atoms with Gasteiger partial charge in [0.1, 0.15) is 6.04 Å².